The van der Waals surface area contributed by atoms with Gasteiger partial charge in [0.15, 0.2) is 0 Å². The van der Waals surface area contributed by atoms with E-state index in [4.69, 9.17) is 0 Å². The summed E-state index contributed by atoms with van der Waals surface area (Å²) < 4.78 is 0. The number of benzene rings is 1. The van der Waals surface area contributed by atoms with Crippen LogP contribution in [0.5, 0.6) is 0 Å². The topological polar surface area (TPSA) is 43.8 Å². The maximum absolute atomic E-state index is 12.3. The fourth-order valence-corrected chi connectivity index (χ4v) is 3.72. The number of rotatable bonds is 4. The average Bonchev–Trinajstić information content (AvgIpc) is 3.02. The maximum atomic E-state index is 12.3. The predicted octanol–water partition coefficient (Wildman–Crippen LogP) is 1.35. The van der Waals surface area contributed by atoms with Gasteiger partial charge < -0.3 is 10.0 Å². The van der Waals surface area contributed by atoms with Crippen molar-refractivity contribution in [1.29, 1.82) is 0 Å². The molecule has 1 aromatic carbocycles. The molecule has 0 radical (unpaired) electrons. The highest BCUT2D eigenvalue weighted by Gasteiger charge is 2.42. The van der Waals surface area contributed by atoms with E-state index in [2.05, 4.69) is 4.90 Å². The van der Waals surface area contributed by atoms with Crippen LogP contribution in [0, 0.1) is 11.8 Å². The number of aliphatic hydroxyl groups is 1. The summed E-state index contributed by atoms with van der Waals surface area (Å²) in [5.74, 6) is 1.14. The fourth-order valence-electron chi connectivity index (χ4n) is 3.72. The predicted molar refractivity (Wildman–Crippen MR) is 81.6 cm³/mol. The third kappa shape index (κ3) is 3.27. The van der Waals surface area contributed by atoms with E-state index in [0.717, 1.165) is 31.5 Å². The molecule has 1 saturated heterocycles. The zero-order valence-electron chi connectivity index (χ0n) is 12.6. The second-order valence-corrected chi connectivity index (χ2v) is 6.50. The van der Waals surface area contributed by atoms with Crippen LogP contribution in [0.25, 0.3) is 0 Å². The Morgan fingerprint density at radius 3 is 2.76 bits per heavy atom. The van der Waals surface area contributed by atoms with Gasteiger partial charge in [0.1, 0.15) is 0 Å². The van der Waals surface area contributed by atoms with Crippen LogP contribution >= 0.6 is 0 Å². The number of carbonyl (C=O) groups is 1. The zero-order chi connectivity index (χ0) is 14.8. The minimum atomic E-state index is -0.155. The molecule has 1 amide bonds. The van der Waals surface area contributed by atoms with Crippen LogP contribution < -0.4 is 0 Å². The number of amides is 1. The monoisotopic (exact) mass is 288 g/mol. The van der Waals surface area contributed by atoms with Crippen LogP contribution in [0.4, 0.5) is 0 Å². The lowest BCUT2D eigenvalue weighted by atomic mass is 10.00. The Labute approximate surface area is 126 Å². The van der Waals surface area contributed by atoms with Crippen molar-refractivity contribution in [2.24, 2.45) is 11.8 Å². The molecule has 1 heterocycles. The molecule has 1 aliphatic heterocycles. The molecule has 4 heteroatoms. The SMILES string of the molecule is CN(Cc1ccccc1)C(=O)CN1CC2CCC(O)C2C1. The second kappa shape index (κ2) is 6.16. The Hall–Kier alpha value is -1.39. The minimum absolute atomic E-state index is 0.155. The van der Waals surface area contributed by atoms with Crippen LogP contribution in [0.15, 0.2) is 30.3 Å². The summed E-state index contributed by atoms with van der Waals surface area (Å²) in [6.45, 7) is 2.97. The van der Waals surface area contributed by atoms with E-state index in [-0.39, 0.29) is 12.0 Å². The van der Waals surface area contributed by atoms with E-state index >= 15 is 0 Å². The first-order valence-electron chi connectivity index (χ1n) is 7.82. The Kier molecular flexibility index (Phi) is 4.27. The van der Waals surface area contributed by atoms with Gasteiger partial charge in [0, 0.05) is 32.6 Å². The van der Waals surface area contributed by atoms with E-state index in [0.29, 0.717) is 24.9 Å². The number of hydrogen-bond donors (Lipinski definition) is 1. The molecule has 1 aromatic rings. The molecular formula is C17H24N2O2. The molecule has 4 nitrogen and oxygen atoms in total. The summed E-state index contributed by atoms with van der Waals surface area (Å²) in [5, 5.41) is 9.93. The number of likely N-dealkylation sites (tertiary alicyclic amines) is 1. The summed E-state index contributed by atoms with van der Waals surface area (Å²) >= 11 is 0. The van der Waals surface area contributed by atoms with Crippen LogP contribution in [0.2, 0.25) is 0 Å². The van der Waals surface area contributed by atoms with E-state index < -0.39 is 0 Å². The Balaban J connectivity index is 1.50. The van der Waals surface area contributed by atoms with E-state index in [1.165, 1.54) is 0 Å². The molecule has 3 atom stereocenters. The Bertz CT molecular complexity index is 491. The lowest BCUT2D eigenvalue weighted by Crippen LogP contribution is -2.37. The van der Waals surface area contributed by atoms with E-state index in [9.17, 15) is 9.90 Å². The average molecular weight is 288 g/mol. The highest BCUT2D eigenvalue weighted by molar-refractivity contribution is 5.78. The van der Waals surface area contributed by atoms with E-state index in [1.807, 2.05) is 37.4 Å². The molecule has 1 aliphatic carbocycles. The van der Waals surface area contributed by atoms with Crippen molar-refractivity contribution >= 4 is 5.91 Å². The largest absolute Gasteiger partial charge is 0.393 e. The molecule has 2 fully saturated rings. The van der Waals surface area contributed by atoms with Crippen LogP contribution in [-0.4, -0.2) is 53.6 Å². The molecule has 2 aliphatic rings. The Morgan fingerprint density at radius 1 is 1.29 bits per heavy atom. The smallest absolute Gasteiger partial charge is 0.236 e. The molecule has 1 saturated carbocycles. The van der Waals surface area contributed by atoms with Crippen molar-refractivity contribution in [3.05, 3.63) is 35.9 Å². The van der Waals surface area contributed by atoms with Gasteiger partial charge >= 0.3 is 0 Å². The van der Waals surface area contributed by atoms with Gasteiger partial charge in [-0.1, -0.05) is 30.3 Å². The van der Waals surface area contributed by atoms with Gasteiger partial charge in [0.05, 0.1) is 12.6 Å². The van der Waals surface area contributed by atoms with Gasteiger partial charge in [-0.25, -0.2) is 0 Å². The summed E-state index contributed by atoms with van der Waals surface area (Å²) in [5.41, 5.74) is 1.15. The van der Waals surface area contributed by atoms with Crippen LogP contribution in [0.3, 0.4) is 0 Å². The molecule has 21 heavy (non-hydrogen) atoms. The van der Waals surface area contributed by atoms with Crippen molar-refractivity contribution in [1.82, 2.24) is 9.80 Å². The third-order valence-corrected chi connectivity index (χ3v) is 4.94. The number of carbonyl (C=O) groups excluding carboxylic acids is 1. The molecule has 1 N–H and O–H groups in total. The lowest BCUT2D eigenvalue weighted by molar-refractivity contribution is -0.131. The number of hydrogen-bond acceptors (Lipinski definition) is 3. The van der Waals surface area contributed by atoms with Crippen molar-refractivity contribution in [3.63, 3.8) is 0 Å². The number of aliphatic hydroxyl groups excluding tert-OH is 1. The molecule has 3 unspecified atom stereocenters. The standard InChI is InChI=1S/C17H24N2O2/c1-18(9-13-5-3-2-4-6-13)17(21)12-19-10-14-7-8-16(20)15(14)11-19/h2-6,14-16,20H,7-12H2,1H3. The minimum Gasteiger partial charge on any atom is -0.393 e. The van der Waals surface area contributed by atoms with Crippen LogP contribution in [0.1, 0.15) is 18.4 Å². The molecule has 0 bridgehead atoms. The normalized spacial score (nSPS) is 28.6. The van der Waals surface area contributed by atoms with Crippen molar-refractivity contribution in [2.45, 2.75) is 25.5 Å². The second-order valence-electron chi connectivity index (χ2n) is 6.50. The third-order valence-electron chi connectivity index (χ3n) is 4.94. The summed E-state index contributed by atoms with van der Waals surface area (Å²) in [6.07, 6.45) is 1.89. The Morgan fingerprint density at radius 2 is 2.05 bits per heavy atom. The first-order valence-corrected chi connectivity index (χ1v) is 7.82. The summed E-state index contributed by atoms with van der Waals surface area (Å²) in [4.78, 5) is 16.3. The van der Waals surface area contributed by atoms with Gasteiger partial charge in [-0.15, -0.1) is 0 Å². The molecular weight excluding hydrogens is 264 g/mol. The van der Waals surface area contributed by atoms with Crippen LogP contribution in [-0.2, 0) is 11.3 Å². The van der Waals surface area contributed by atoms with Gasteiger partial charge in [0.2, 0.25) is 5.91 Å². The molecule has 0 spiro atoms. The quantitative estimate of drug-likeness (QED) is 0.909. The van der Waals surface area contributed by atoms with E-state index in [1.54, 1.807) is 4.90 Å². The maximum Gasteiger partial charge on any atom is 0.236 e. The molecule has 3 rings (SSSR count). The summed E-state index contributed by atoms with van der Waals surface area (Å²) in [6, 6.07) is 10.1. The first kappa shape index (κ1) is 14.5. The fraction of sp³-hybridized carbons (Fsp3) is 0.588. The molecule has 114 valence electrons. The van der Waals surface area contributed by atoms with Gasteiger partial charge in [-0.05, 0) is 24.3 Å². The zero-order valence-corrected chi connectivity index (χ0v) is 12.6. The van der Waals surface area contributed by atoms with Crippen molar-refractivity contribution in [2.75, 3.05) is 26.7 Å². The number of likely N-dealkylation sites (N-methyl/N-ethyl adjacent to an activating group) is 1. The molecule has 0 aromatic heterocycles. The van der Waals surface area contributed by atoms with Crippen molar-refractivity contribution < 1.29 is 9.90 Å². The van der Waals surface area contributed by atoms with Gasteiger partial charge in [-0.2, -0.15) is 0 Å². The first-order chi connectivity index (χ1) is 10.1. The number of fused-ring (bicyclic) bond motifs is 1. The highest BCUT2D eigenvalue weighted by atomic mass is 16.3. The lowest BCUT2D eigenvalue weighted by Gasteiger charge is -2.22. The summed E-state index contributed by atoms with van der Waals surface area (Å²) in [7, 11) is 1.86. The van der Waals surface area contributed by atoms with Crippen molar-refractivity contribution in [3.8, 4) is 0 Å². The highest BCUT2D eigenvalue weighted by Crippen LogP contribution is 2.37. The van der Waals surface area contributed by atoms with Gasteiger partial charge in [0.25, 0.3) is 0 Å². The number of nitrogens with zero attached hydrogens (tertiary/aromatic N) is 2. The van der Waals surface area contributed by atoms with Gasteiger partial charge in [-0.3, -0.25) is 9.69 Å².